The Morgan fingerprint density at radius 3 is 2.27 bits per heavy atom. The van der Waals surface area contributed by atoms with Crippen LogP contribution in [0.15, 0.2) is 41.3 Å². The summed E-state index contributed by atoms with van der Waals surface area (Å²) in [7, 11) is -0.985. The number of carbonyl (C=O) groups excluding carboxylic acids is 1. The van der Waals surface area contributed by atoms with Crippen LogP contribution in [0.25, 0.3) is 0 Å². The Labute approximate surface area is 183 Å². The second kappa shape index (κ2) is 11.2. The minimum absolute atomic E-state index is 0.134. The SMILES string of the molecule is CCCc1ccc(S(=O)(=O)Nc2cc(C(=O)CCCCCl)c(OC)cc2OC)cc1. The number of hydrogen-bond donors (Lipinski definition) is 1. The van der Waals surface area contributed by atoms with Crippen LogP contribution in [0.1, 0.15) is 48.5 Å². The summed E-state index contributed by atoms with van der Waals surface area (Å²) in [6.45, 7) is 2.07. The van der Waals surface area contributed by atoms with Crippen LogP contribution < -0.4 is 14.2 Å². The van der Waals surface area contributed by atoms with Gasteiger partial charge in [0.05, 0.1) is 30.4 Å². The van der Waals surface area contributed by atoms with Crippen molar-refractivity contribution in [2.45, 2.75) is 43.9 Å². The van der Waals surface area contributed by atoms with E-state index in [9.17, 15) is 13.2 Å². The number of aryl methyl sites for hydroxylation is 1. The number of unbranched alkanes of at least 4 members (excludes halogenated alkanes) is 1. The van der Waals surface area contributed by atoms with Gasteiger partial charge in [0.15, 0.2) is 5.78 Å². The second-order valence-corrected chi connectivity index (χ2v) is 8.88. The van der Waals surface area contributed by atoms with Crippen molar-refractivity contribution in [3.63, 3.8) is 0 Å². The van der Waals surface area contributed by atoms with Crippen molar-refractivity contribution in [3.8, 4) is 11.5 Å². The van der Waals surface area contributed by atoms with Gasteiger partial charge in [0.1, 0.15) is 11.5 Å². The molecule has 0 amide bonds. The maximum absolute atomic E-state index is 12.9. The molecule has 0 unspecified atom stereocenters. The van der Waals surface area contributed by atoms with Crippen molar-refractivity contribution >= 4 is 33.1 Å². The third-order valence-corrected chi connectivity index (χ3v) is 6.27. The molecule has 1 N–H and O–H groups in total. The maximum atomic E-state index is 12.9. The number of nitrogens with one attached hydrogen (secondary N) is 1. The summed E-state index contributed by atoms with van der Waals surface area (Å²) in [5.41, 5.74) is 1.55. The number of alkyl halides is 1. The molecule has 30 heavy (non-hydrogen) atoms. The molecule has 0 aliphatic rings. The van der Waals surface area contributed by atoms with Gasteiger partial charge in [-0.15, -0.1) is 11.6 Å². The quantitative estimate of drug-likeness (QED) is 0.276. The van der Waals surface area contributed by atoms with E-state index in [0.29, 0.717) is 30.0 Å². The van der Waals surface area contributed by atoms with E-state index in [0.717, 1.165) is 24.8 Å². The summed E-state index contributed by atoms with van der Waals surface area (Å²) in [5, 5.41) is 0. The number of methoxy groups -OCH3 is 2. The van der Waals surface area contributed by atoms with Gasteiger partial charge in [-0.05, 0) is 43.0 Å². The van der Waals surface area contributed by atoms with E-state index in [1.165, 1.54) is 26.4 Å². The van der Waals surface area contributed by atoms with Gasteiger partial charge in [-0.1, -0.05) is 25.5 Å². The Bertz CT molecular complexity index is 958. The van der Waals surface area contributed by atoms with E-state index in [1.807, 2.05) is 0 Å². The van der Waals surface area contributed by atoms with Gasteiger partial charge in [0, 0.05) is 18.4 Å². The molecule has 0 saturated heterocycles. The first kappa shape index (κ1) is 24.0. The molecule has 6 nitrogen and oxygen atoms in total. The van der Waals surface area contributed by atoms with Gasteiger partial charge in [0.25, 0.3) is 10.0 Å². The lowest BCUT2D eigenvalue weighted by Crippen LogP contribution is -2.15. The van der Waals surface area contributed by atoms with Crippen molar-refractivity contribution in [3.05, 3.63) is 47.5 Å². The van der Waals surface area contributed by atoms with Gasteiger partial charge in [-0.2, -0.15) is 0 Å². The molecule has 0 fully saturated rings. The molecule has 8 heteroatoms. The zero-order valence-electron chi connectivity index (χ0n) is 17.5. The smallest absolute Gasteiger partial charge is 0.262 e. The Hall–Kier alpha value is -2.25. The average molecular weight is 454 g/mol. The first-order valence-corrected chi connectivity index (χ1v) is 11.8. The highest BCUT2D eigenvalue weighted by Gasteiger charge is 2.21. The van der Waals surface area contributed by atoms with E-state index in [-0.39, 0.29) is 22.1 Å². The van der Waals surface area contributed by atoms with Crippen LogP contribution in [-0.2, 0) is 16.4 Å². The minimum Gasteiger partial charge on any atom is -0.496 e. The monoisotopic (exact) mass is 453 g/mol. The summed E-state index contributed by atoms with van der Waals surface area (Å²) in [6, 6.07) is 9.72. The number of ether oxygens (including phenoxy) is 2. The fraction of sp³-hybridized carbons (Fsp3) is 0.409. The highest BCUT2D eigenvalue weighted by atomic mass is 35.5. The van der Waals surface area contributed by atoms with Crippen molar-refractivity contribution in [1.82, 2.24) is 0 Å². The lowest BCUT2D eigenvalue weighted by atomic mass is 10.0. The van der Waals surface area contributed by atoms with Crippen molar-refractivity contribution in [2.75, 3.05) is 24.8 Å². The molecule has 0 aliphatic carbocycles. The minimum atomic E-state index is -3.86. The number of hydrogen-bond acceptors (Lipinski definition) is 5. The first-order valence-electron chi connectivity index (χ1n) is 9.83. The normalized spacial score (nSPS) is 11.2. The Kier molecular flexibility index (Phi) is 8.99. The van der Waals surface area contributed by atoms with E-state index in [4.69, 9.17) is 21.1 Å². The van der Waals surface area contributed by atoms with Crippen molar-refractivity contribution in [1.29, 1.82) is 0 Å². The van der Waals surface area contributed by atoms with Crippen LogP contribution in [0, 0.1) is 0 Å². The Morgan fingerprint density at radius 1 is 1.03 bits per heavy atom. The predicted molar refractivity (Wildman–Crippen MR) is 120 cm³/mol. The van der Waals surface area contributed by atoms with E-state index < -0.39 is 10.0 Å². The molecule has 0 bridgehead atoms. The van der Waals surface area contributed by atoms with E-state index in [1.54, 1.807) is 24.3 Å². The molecule has 0 atom stereocenters. The molecular weight excluding hydrogens is 426 g/mol. The molecular formula is C22H28ClNO5S. The summed E-state index contributed by atoms with van der Waals surface area (Å²) >= 11 is 5.68. The summed E-state index contributed by atoms with van der Waals surface area (Å²) < 4.78 is 38.9. The number of Topliss-reactive ketones (excluding diaryl/α,β-unsaturated/α-hetero) is 1. The number of anilines is 1. The maximum Gasteiger partial charge on any atom is 0.262 e. The summed E-state index contributed by atoms with van der Waals surface area (Å²) in [5.74, 6) is 0.920. The van der Waals surface area contributed by atoms with Gasteiger partial charge in [0.2, 0.25) is 0 Å². The molecule has 0 radical (unpaired) electrons. The van der Waals surface area contributed by atoms with Gasteiger partial charge in [-0.3, -0.25) is 9.52 Å². The number of ketones is 1. The van der Waals surface area contributed by atoms with Crippen LogP contribution in [0.3, 0.4) is 0 Å². The summed E-state index contributed by atoms with van der Waals surface area (Å²) in [6.07, 6.45) is 3.52. The summed E-state index contributed by atoms with van der Waals surface area (Å²) in [4.78, 5) is 12.8. The molecule has 2 aromatic carbocycles. The second-order valence-electron chi connectivity index (χ2n) is 6.82. The fourth-order valence-corrected chi connectivity index (χ4v) is 4.29. The number of benzene rings is 2. The van der Waals surface area contributed by atoms with Crippen LogP contribution in [0.2, 0.25) is 0 Å². The first-order chi connectivity index (χ1) is 14.4. The lowest BCUT2D eigenvalue weighted by molar-refractivity contribution is 0.0977. The average Bonchev–Trinajstić information content (AvgIpc) is 2.74. The van der Waals surface area contributed by atoms with Crippen LogP contribution >= 0.6 is 11.6 Å². The standard InChI is InChI=1S/C22H28ClNO5S/c1-4-7-16-9-11-17(12-10-16)30(26,27)24-19-14-18(20(25)8-5-6-13-23)21(28-2)15-22(19)29-3/h9-12,14-15,24H,4-8,13H2,1-3H3. The highest BCUT2D eigenvalue weighted by molar-refractivity contribution is 7.92. The number of halogens is 1. The zero-order valence-corrected chi connectivity index (χ0v) is 19.1. The Morgan fingerprint density at radius 2 is 1.70 bits per heavy atom. The number of sulfonamides is 1. The van der Waals surface area contributed by atoms with Gasteiger partial charge in [-0.25, -0.2) is 8.42 Å². The van der Waals surface area contributed by atoms with Crippen LogP contribution in [-0.4, -0.2) is 34.3 Å². The third-order valence-electron chi connectivity index (χ3n) is 4.63. The molecule has 0 saturated carbocycles. The zero-order chi connectivity index (χ0) is 22.1. The van der Waals surface area contributed by atoms with Crippen molar-refractivity contribution in [2.24, 2.45) is 0 Å². The Balaban J connectivity index is 2.36. The molecule has 0 aliphatic heterocycles. The fourth-order valence-electron chi connectivity index (χ4n) is 3.04. The molecule has 164 valence electrons. The van der Waals surface area contributed by atoms with Crippen LogP contribution in [0.5, 0.6) is 11.5 Å². The van der Waals surface area contributed by atoms with Gasteiger partial charge >= 0.3 is 0 Å². The number of rotatable bonds is 12. The lowest BCUT2D eigenvalue weighted by Gasteiger charge is -2.16. The van der Waals surface area contributed by atoms with E-state index >= 15 is 0 Å². The third kappa shape index (κ3) is 6.12. The molecule has 2 rings (SSSR count). The van der Waals surface area contributed by atoms with E-state index in [2.05, 4.69) is 11.6 Å². The topological polar surface area (TPSA) is 81.7 Å². The molecule has 0 spiro atoms. The largest absolute Gasteiger partial charge is 0.496 e. The molecule has 2 aromatic rings. The van der Waals surface area contributed by atoms with Gasteiger partial charge < -0.3 is 9.47 Å². The predicted octanol–water partition coefficient (Wildman–Crippen LogP) is 5.05. The molecule has 0 aromatic heterocycles. The number of carbonyl (C=O) groups is 1. The van der Waals surface area contributed by atoms with Crippen molar-refractivity contribution < 1.29 is 22.7 Å². The highest BCUT2D eigenvalue weighted by Crippen LogP contribution is 2.35. The van der Waals surface area contributed by atoms with Crippen LogP contribution in [0.4, 0.5) is 5.69 Å². The molecule has 0 heterocycles.